The predicted octanol–water partition coefficient (Wildman–Crippen LogP) is 5.83. The molecule has 0 spiro atoms. The summed E-state index contributed by atoms with van der Waals surface area (Å²) in [6, 6.07) is 12.3. The Bertz CT molecular complexity index is 1340. The van der Waals surface area contributed by atoms with Gasteiger partial charge in [0.05, 0.1) is 12.2 Å². The third-order valence-corrected chi connectivity index (χ3v) is 7.54. The normalized spacial score (nSPS) is 14.4. The molecule has 3 heterocycles. The molecule has 0 aliphatic heterocycles. The number of nitrogens with zero attached hydrogens (tertiary/aromatic N) is 6. The molecule has 0 amide bonds. The van der Waals surface area contributed by atoms with Crippen LogP contribution in [0.15, 0.2) is 47.4 Å². The fraction of sp³-hybridized carbons (Fsp3) is 0.444. The first-order chi connectivity index (χ1) is 17.7. The highest BCUT2D eigenvalue weighted by atomic mass is 35.5. The van der Waals surface area contributed by atoms with Crippen molar-refractivity contribution in [2.45, 2.75) is 77.3 Å². The van der Waals surface area contributed by atoms with Crippen LogP contribution < -0.4 is 5.69 Å². The highest BCUT2D eigenvalue weighted by Crippen LogP contribution is 2.32. The molecule has 0 bridgehead atoms. The standard InChI is InChI=1S/C27H32ClN7O/c1-2-3-5-12-23-25(28)35(21-9-6-4-7-10-21)27(36)34(23)18-19-13-15-20(16-14-19)22-11-8-17-29-24(22)26-30-32-33-31-26/h8,11,13-17,21H,2-7,9-10,12,18H2,1H3,(H,30,31,32,33). The highest BCUT2D eigenvalue weighted by Gasteiger charge is 2.25. The molecular weight excluding hydrogens is 474 g/mol. The molecule has 1 aliphatic carbocycles. The van der Waals surface area contributed by atoms with E-state index in [1.54, 1.807) is 6.20 Å². The van der Waals surface area contributed by atoms with Gasteiger partial charge in [-0.1, -0.05) is 81.0 Å². The van der Waals surface area contributed by atoms with Crippen LogP contribution >= 0.6 is 11.6 Å². The molecule has 1 aliphatic rings. The zero-order valence-electron chi connectivity index (χ0n) is 20.7. The predicted molar refractivity (Wildman–Crippen MR) is 141 cm³/mol. The molecule has 5 rings (SSSR count). The van der Waals surface area contributed by atoms with Gasteiger partial charge in [0.15, 0.2) is 0 Å². The summed E-state index contributed by atoms with van der Waals surface area (Å²) in [6.45, 7) is 2.69. The first-order valence-electron chi connectivity index (χ1n) is 12.9. The molecule has 1 N–H and O–H groups in total. The highest BCUT2D eigenvalue weighted by molar-refractivity contribution is 6.30. The number of unbranched alkanes of at least 4 members (excludes halogenated alkanes) is 2. The molecule has 1 fully saturated rings. The van der Waals surface area contributed by atoms with Crippen molar-refractivity contribution in [3.05, 3.63) is 69.5 Å². The monoisotopic (exact) mass is 505 g/mol. The number of hydrogen-bond acceptors (Lipinski definition) is 5. The summed E-state index contributed by atoms with van der Waals surface area (Å²) in [7, 11) is 0. The van der Waals surface area contributed by atoms with Gasteiger partial charge in [-0.05, 0) is 48.1 Å². The molecule has 9 heteroatoms. The van der Waals surface area contributed by atoms with Crippen molar-refractivity contribution >= 4 is 11.6 Å². The van der Waals surface area contributed by atoms with Gasteiger partial charge in [0, 0.05) is 17.8 Å². The van der Waals surface area contributed by atoms with E-state index in [2.05, 4.69) is 56.8 Å². The smallest absolute Gasteiger partial charge is 0.290 e. The summed E-state index contributed by atoms with van der Waals surface area (Å²) in [4.78, 5) is 18.1. The Kier molecular flexibility index (Phi) is 7.60. The van der Waals surface area contributed by atoms with E-state index in [4.69, 9.17) is 11.6 Å². The number of imidazole rings is 1. The molecule has 0 unspecified atom stereocenters. The fourth-order valence-electron chi connectivity index (χ4n) is 5.23. The van der Waals surface area contributed by atoms with Crippen molar-refractivity contribution in [1.29, 1.82) is 0 Å². The van der Waals surface area contributed by atoms with Gasteiger partial charge in [-0.15, -0.1) is 10.2 Å². The van der Waals surface area contributed by atoms with E-state index in [0.717, 1.165) is 73.8 Å². The van der Waals surface area contributed by atoms with Crippen LogP contribution in [-0.2, 0) is 13.0 Å². The molecular formula is C27H32ClN7O. The van der Waals surface area contributed by atoms with Crippen LogP contribution in [0.25, 0.3) is 22.6 Å². The largest absolute Gasteiger partial charge is 0.330 e. The molecule has 0 atom stereocenters. The lowest BCUT2D eigenvalue weighted by Crippen LogP contribution is -2.29. The number of nitrogens with one attached hydrogen (secondary N) is 1. The average molecular weight is 506 g/mol. The number of rotatable bonds is 9. The molecule has 8 nitrogen and oxygen atoms in total. The summed E-state index contributed by atoms with van der Waals surface area (Å²) in [5.41, 5.74) is 4.64. The van der Waals surface area contributed by atoms with Crippen molar-refractivity contribution in [2.75, 3.05) is 0 Å². The van der Waals surface area contributed by atoms with Crippen molar-refractivity contribution in [2.24, 2.45) is 0 Å². The topological polar surface area (TPSA) is 94.3 Å². The minimum atomic E-state index is 0.0223. The van der Waals surface area contributed by atoms with Gasteiger partial charge in [-0.3, -0.25) is 14.1 Å². The molecule has 3 aromatic heterocycles. The number of H-pyrrole nitrogens is 1. The minimum Gasteiger partial charge on any atom is -0.290 e. The molecule has 1 aromatic carbocycles. The number of pyridine rings is 1. The summed E-state index contributed by atoms with van der Waals surface area (Å²) >= 11 is 6.90. The van der Waals surface area contributed by atoms with Crippen molar-refractivity contribution in [1.82, 2.24) is 34.7 Å². The lowest BCUT2D eigenvalue weighted by molar-refractivity contribution is 0.344. The molecule has 36 heavy (non-hydrogen) atoms. The molecule has 1 saturated carbocycles. The molecule has 0 radical (unpaired) electrons. The number of aromatic amines is 1. The van der Waals surface area contributed by atoms with Crippen molar-refractivity contribution in [3.8, 4) is 22.6 Å². The van der Waals surface area contributed by atoms with Gasteiger partial charge in [0.25, 0.3) is 0 Å². The Morgan fingerprint density at radius 3 is 2.61 bits per heavy atom. The number of halogens is 1. The number of aromatic nitrogens is 7. The summed E-state index contributed by atoms with van der Waals surface area (Å²) in [5, 5.41) is 14.9. The van der Waals surface area contributed by atoms with Gasteiger partial charge in [0.2, 0.25) is 5.82 Å². The maximum atomic E-state index is 13.6. The lowest BCUT2D eigenvalue weighted by Gasteiger charge is -2.22. The SMILES string of the molecule is CCCCCc1c(Cl)n(C2CCCCC2)c(=O)n1Cc1ccc(-c2cccnc2-c2nn[nH]n2)cc1. The first-order valence-corrected chi connectivity index (χ1v) is 13.3. The van der Waals surface area contributed by atoms with Gasteiger partial charge in [-0.25, -0.2) is 4.79 Å². The molecule has 4 aromatic rings. The second-order valence-corrected chi connectivity index (χ2v) is 9.92. The van der Waals surface area contributed by atoms with E-state index in [0.29, 0.717) is 23.2 Å². The van der Waals surface area contributed by atoms with Crippen LogP contribution in [0.2, 0.25) is 5.15 Å². The maximum absolute atomic E-state index is 13.6. The molecule has 188 valence electrons. The maximum Gasteiger partial charge on any atom is 0.330 e. The van der Waals surface area contributed by atoms with Crippen LogP contribution in [-0.4, -0.2) is 34.7 Å². The summed E-state index contributed by atoms with van der Waals surface area (Å²) < 4.78 is 3.78. The van der Waals surface area contributed by atoms with Crippen LogP contribution in [0.4, 0.5) is 0 Å². The van der Waals surface area contributed by atoms with Gasteiger partial charge in [-0.2, -0.15) is 5.21 Å². The van der Waals surface area contributed by atoms with E-state index in [9.17, 15) is 4.79 Å². The van der Waals surface area contributed by atoms with Crippen LogP contribution in [0.1, 0.15) is 75.6 Å². The number of hydrogen-bond donors (Lipinski definition) is 1. The Balaban J connectivity index is 1.45. The third-order valence-electron chi connectivity index (χ3n) is 7.14. The van der Waals surface area contributed by atoms with Gasteiger partial charge in [0.1, 0.15) is 10.8 Å². The van der Waals surface area contributed by atoms with Crippen LogP contribution in [0.3, 0.4) is 0 Å². The Morgan fingerprint density at radius 2 is 1.89 bits per heavy atom. The average Bonchev–Trinajstić information content (AvgIpc) is 3.53. The number of tetrazole rings is 1. The fourth-order valence-corrected chi connectivity index (χ4v) is 5.64. The second-order valence-electron chi connectivity index (χ2n) is 9.56. The van der Waals surface area contributed by atoms with E-state index in [-0.39, 0.29) is 11.7 Å². The zero-order valence-corrected chi connectivity index (χ0v) is 21.4. The molecule has 0 saturated heterocycles. The Morgan fingerprint density at radius 1 is 1.08 bits per heavy atom. The third kappa shape index (κ3) is 5.00. The van der Waals surface area contributed by atoms with Crippen LogP contribution in [0, 0.1) is 0 Å². The lowest BCUT2D eigenvalue weighted by atomic mass is 9.95. The van der Waals surface area contributed by atoms with E-state index in [1.165, 1.54) is 6.42 Å². The second kappa shape index (κ2) is 11.2. The summed E-state index contributed by atoms with van der Waals surface area (Å²) in [6.07, 6.45) is 11.4. The van der Waals surface area contributed by atoms with Gasteiger partial charge < -0.3 is 0 Å². The Hall–Kier alpha value is -3.26. The van der Waals surface area contributed by atoms with E-state index >= 15 is 0 Å². The first kappa shape index (κ1) is 24.4. The minimum absolute atomic E-state index is 0.0223. The van der Waals surface area contributed by atoms with Gasteiger partial charge >= 0.3 is 5.69 Å². The zero-order chi connectivity index (χ0) is 24.9. The van der Waals surface area contributed by atoms with Crippen molar-refractivity contribution < 1.29 is 0 Å². The van der Waals surface area contributed by atoms with Crippen LogP contribution in [0.5, 0.6) is 0 Å². The quantitative estimate of drug-likeness (QED) is 0.289. The van der Waals surface area contributed by atoms with E-state index < -0.39 is 0 Å². The Labute approximate surface area is 215 Å². The number of benzene rings is 1. The van der Waals surface area contributed by atoms with Crippen molar-refractivity contribution in [3.63, 3.8) is 0 Å². The van der Waals surface area contributed by atoms with E-state index in [1.807, 2.05) is 21.3 Å². The summed E-state index contributed by atoms with van der Waals surface area (Å²) in [5.74, 6) is 0.455.